The molecule has 7 heteroatoms. The second kappa shape index (κ2) is 8.42. The molecule has 0 aliphatic rings. The zero-order valence-electron chi connectivity index (χ0n) is 15.8. The quantitative estimate of drug-likeness (QED) is 0.706. The van der Waals surface area contributed by atoms with E-state index < -0.39 is 10.0 Å². The molecule has 0 aliphatic heterocycles. The molecule has 0 atom stereocenters. The van der Waals surface area contributed by atoms with Crippen molar-refractivity contribution in [2.75, 3.05) is 34.9 Å². The van der Waals surface area contributed by atoms with E-state index in [1.165, 1.54) is 11.4 Å². The molecule has 2 aromatic rings. The smallest absolute Gasteiger partial charge is 0.246 e. The fourth-order valence-electron chi connectivity index (χ4n) is 2.60. The Morgan fingerprint density at radius 2 is 1.50 bits per heavy atom. The number of sulfonamides is 1. The molecular weight excluding hydrogens is 354 g/mol. The van der Waals surface area contributed by atoms with Gasteiger partial charge in [0.15, 0.2) is 11.5 Å². The van der Waals surface area contributed by atoms with Crippen LogP contribution in [0.2, 0.25) is 0 Å². The standard InChI is InChI=1S/C19H25NO5S/c1-14-6-8-17(24-4)19(12-14)26(21,22)20(2)11-10-15-7-9-16(23-3)18(13-15)25-5/h6-9,12-13H,10-11H2,1-5H3. The van der Waals surface area contributed by atoms with E-state index in [0.717, 1.165) is 11.1 Å². The maximum atomic E-state index is 12.9. The topological polar surface area (TPSA) is 65.1 Å². The highest BCUT2D eigenvalue weighted by Gasteiger charge is 2.24. The predicted molar refractivity (Wildman–Crippen MR) is 101 cm³/mol. The first-order valence-electron chi connectivity index (χ1n) is 8.15. The van der Waals surface area contributed by atoms with Crippen LogP contribution in [0.1, 0.15) is 11.1 Å². The highest BCUT2D eigenvalue weighted by atomic mass is 32.2. The van der Waals surface area contributed by atoms with Gasteiger partial charge in [0.05, 0.1) is 21.3 Å². The normalized spacial score (nSPS) is 11.5. The van der Waals surface area contributed by atoms with Gasteiger partial charge in [-0.1, -0.05) is 12.1 Å². The van der Waals surface area contributed by atoms with E-state index in [0.29, 0.717) is 30.2 Å². The van der Waals surface area contributed by atoms with Crippen LogP contribution >= 0.6 is 0 Å². The van der Waals surface area contributed by atoms with E-state index in [-0.39, 0.29) is 4.90 Å². The monoisotopic (exact) mass is 379 g/mol. The highest BCUT2D eigenvalue weighted by Crippen LogP contribution is 2.29. The van der Waals surface area contributed by atoms with Crippen LogP contribution < -0.4 is 14.2 Å². The molecule has 0 bridgehead atoms. The lowest BCUT2D eigenvalue weighted by atomic mass is 10.1. The Labute approximate surface area is 155 Å². The lowest BCUT2D eigenvalue weighted by Gasteiger charge is -2.19. The summed E-state index contributed by atoms with van der Waals surface area (Å²) in [4.78, 5) is 0.176. The lowest BCUT2D eigenvalue weighted by molar-refractivity contribution is 0.354. The van der Waals surface area contributed by atoms with Gasteiger partial charge in [0.1, 0.15) is 10.6 Å². The van der Waals surface area contributed by atoms with Crippen LogP contribution in [0.4, 0.5) is 0 Å². The summed E-state index contributed by atoms with van der Waals surface area (Å²) in [6.45, 7) is 2.18. The molecule has 2 rings (SSSR count). The van der Waals surface area contributed by atoms with Crippen LogP contribution in [0.3, 0.4) is 0 Å². The number of likely N-dealkylation sites (N-methyl/N-ethyl adjacent to an activating group) is 1. The summed E-state index contributed by atoms with van der Waals surface area (Å²) in [7, 11) is 2.53. The largest absolute Gasteiger partial charge is 0.495 e. The van der Waals surface area contributed by atoms with Crippen molar-refractivity contribution in [1.82, 2.24) is 4.31 Å². The minimum atomic E-state index is -3.65. The van der Waals surface area contributed by atoms with Gasteiger partial charge >= 0.3 is 0 Å². The molecule has 0 fully saturated rings. The number of hydrogen-bond acceptors (Lipinski definition) is 5. The fourth-order valence-corrected chi connectivity index (χ4v) is 4.00. The maximum absolute atomic E-state index is 12.9. The minimum absolute atomic E-state index is 0.176. The van der Waals surface area contributed by atoms with Gasteiger partial charge < -0.3 is 14.2 Å². The van der Waals surface area contributed by atoms with E-state index in [2.05, 4.69) is 0 Å². The zero-order valence-corrected chi connectivity index (χ0v) is 16.6. The predicted octanol–water partition coefficient (Wildman–Crippen LogP) is 2.88. The van der Waals surface area contributed by atoms with Gasteiger partial charge in [-0.05, 0) is 48.7 Å². The molecule has 0 N–H and O–H groups in total. The van der Waals surface area contributed by atoms with Gasteiger partial charge in [-0.3, -0.25) is 0 Å². The molecule has 2 aromatic carbocycles. The number of ether oxygens (including phenoxy) is 3. The van der Waals surface area contributed by atoms with E-state index in [1.54, 1.807) is 33.4 Å². The third kappa shape index (κ3) is 4.28. The van der Waals surface area contributed by atoms with Crippen molar-refractivity contribution in [3.8, 4) is 17.2 Å². The molecule has 0 radical (unpaired) electrons. The maximum Gasteiger partial charge on any atom is 0.246 e. The lowest BCUT2D eigenvalue weighted by Crippen LogP contribution is -2.29. The van der Waals surface area contributed by atoms with Crippen molar-refractivity contribution in [3.05, 3.63) is 47.5 Å². The average molecular weight is 379 g/mol. The molecule has 0 aromatic heterocycles. The number of hydrogen-bond donors (Lipinski definition) is 0. The van der Waals surface area contributed by atoms with Crippen molar-refractivity contribution >= 4 is 10.0 Å². The molecule has 0 aliphatic carbocycles. The molecule has 0 saturated heterocycles. The minimum Gasteiger partial charge on any atom is -0.495 e. The van der Waals surface area contributed by atoms with Crippen molar-refractivity contribution in [3.63, 3.8) is 0 Å². The summed E-state index contributed by atoms with van der Waals surface area (Å²) in [5.41, 5.74) is 1.82. The Morgan fingerprint density at radius 1 is 0.885 bits per heavy atom. The van der Waals surface area contributed by atoms with E-state index in [9.17, 15) is 8.42 Å². The molecule has 0 amide bonds. The van der Waals surface area contributed by atoms with Crippen molar-refractivity contribution in [2.45, 2.75) is 18.2 Å². The third-order valence-electron chi connectivity index (χ3n) is 4.17. The van der Waals surface area contributed by atoms with E-state index in [1.807, 2.05) is 31.2 Å². The SMILES string of the molecule is COc1ccc(CCN(C)S(=O)(=O)c2cc(C)ccc2OC)cc1OC. The van der Waals surface area contributed by atoms with Crippen molar-refractivity contribution in [2.24, 2.45) is 0 Å². The van der Waals surface area contributed by atoms with Gasteiger partial charge in [0, 0.05) is 13.6 Å². The molecular formula is C19H25NO5S. The molecule has 0 unspecified atom stereocenters. The molecule has 0 heterocycles. The van der Waals surface area contributed by atoms with Crippen LogP contribution in [0.25, 0.3) is 0 Å². The summed E-state index contributed by atoms with van der Waals surface area (Å²) >= 11 is 0. The first-order valence-corrected chi connectivity index (χ1v) is 9.59. The molecule has 142 valence electrons. The summed E-state index contributed by atoms with van der Waals surface area (Å²) < 4.78 is 42.9. The summed E-state index contributed by atoms with van der Waals surface area (Å²) in [5.74, 6) is 1.60. The molecule has 26 heavy (non-hydrogen) atoms. The number of rotatable bonds is 8. The van der Waals surface area contributed by atoms with Crippen LogP contribution in [0.5, 0.6) is 17.2 Å². The van der Waals surface area contributed by atoms with Crippen LogP contribution in [0, 0.1) is 6.92 Å². The van der Waals surface area contributed by atoms with Gasteiger partial charge in [0.25, 0.3) is 0 Å². The summed E-state index contributed by atoms with van der Waals surface area (Å²) in [6.07, 6.45) is 0.546. The zero-order chi connectivity index (χ0) is 19.3. The Bertz CT molecular complexity index is 864. The number of nitrogens with zero attached hydrogens (tertiary/aromatic N) is 1. The second-order valence-corrected chi connectivity index (χ2v) is 7.93. The molecule has 0 spiro atoms. The third-order valence-corrected chi connectivity index (χ3v) is 6.05. The number of methoxy groups -OCH3 is 3. The molecule has 6 nitrogen and oxygen atoms in total. The average Bonchev–Trinajstić information content (AvgIpc) is 2.65. The highest BCUT2D eigenvalue weighted by molar-refractivity contribution is 7.89. The van der Waals surface area contributed by atoms with Gasteiger partial charge in [-0.2, -0.15) is 0 Å². The molecule has 0 saturated carbocycles. The van der Waals surface area contributed by atoms with E-state index in [4.69, 9.17) is 14.2 Å². The first kappa shape index (κ1) is 20.1. The number of benzene rings is 2. The van der Waals surface area contributed by atoms with Crippen LogP contribution in [-0.2, 0) is 16.4 Å². The van der Waals surface area contributed by atoms with Gasteiger partial charge in [0.2, 0.25) is 10.0 Å². The number of aryl methyl sites for hydroxylation is 1. The van der Waals surface area contributed by atoms with Gasteiger partial charge in [-0.25, -0.2) is 12.7 Å². The van der Waals surface area contributed by atoms with Crippen LogP contribution in [-0.4, -0.2) is 47.6 Å². The Morgan fingerprint density at radius 3 is 2.12 bits per heavy atom. The van der Waals surface area contributed by atoms with Gasteiger partial charge in [-0.15, -0.1) is 0 Å². The van der Waals surface area contributed by atoms with Crippen LogP contribution in [0.15, 0.2) is 41.3 Å². The summed E-state index contributed by atoms with van der Waals surface area (Å²) in [5, 5.41) is 0. The first-order chi connectivity index (χ1) is 12.3. The fraction of sp³-hybridized carbons (Fsp3) is 0.368. The second-order valence-electron chi connectivity index (χ2n) is 5.92. The van der Waals surface area contributed by atoms with Crippen molar-refractivity contribution in [1.29, 1.82) is 0 Å². The Balaban J connectivity index is 2.19. The summed E-state index contributed by atoms with van der Waals surface area (Å²) in [6, 6.07) is 10.7. The Kier molecular flexibility index (Phi) is 6.50. The van der Waals surface area contributed by atoms with Crippen molar-refractivity contribution < 1.29 is 22.6 Å². The van der Waals surface area contributed by atoms with E-state index >= 15 is 0 Å². The Hall–Kier alpha value is -2.25.